The molecule has 0 amide bonds. The van der Waals surface area contributed by atoms with Crippen LogP contribution in [0, 0.1) is 0 Å². The monoisotopic (exact) mass is 482 g/mol. The molecule has 8 heteroatoms. The van der Waals surface area contributed by atoms with Crippen molar-refractivity contribution in [3.63, 3.8) is 0 Å². The van der Waals surface area contributed by atoms with E-state index in [0.29, 0.717) is 48.2 Å². The van der Waals surface area contributed by atoms with Gasteiger partial charge >= 0.3 is 0 Å². The lowest BCUT2D eigenvalue weighted by molar-refractivity contribution is 0.0321. The molecule has 0 N–H and O–H groups in total. The van der Waals surface area contributed by atoms with Crippen LogP contribution in [-0.4, -0.2) is 101 Å². The zero-order valence-corrected chi connectivity index (χ0v) is 20.4. The van der Waals surface area contributed by atoms with Crippen molar-refractivity contribution in [1.29, 1.82) is 0 Å². The third-order valence-electron chi connectivity index (χ3n) is 6.71. The molecule has 2 aliphatic heterocycles. The zero-order chi connectivity index (χ0) is 24.0. The molecule has 1 aliphatic carbocycles. The van der Waals surface area contributed by atoms with Gasteiger partial charge in [-0.15, -0.1) is 0 Å². The van der Waals surface area contributed by atoms with Crippen molar-refractivity contribution in [2.45, 2.75) is 6.92 Å². The fourth-order valence-corrected chi connectivity index (χ4v) is 4.89. The van der Waals surface area contributed by atoms with Gasteiger partial charge in [0.15, 0.2) is 5.78 Å². The van der Waals surface area contributed by atoms with E-state index in [1.165, 1.54) is 0 Å². The summed E-state index contributed by atoms with van der Waals surface area (Å²) in [5.41, 5.74) is 2.78. The summed E-state index contributed by atoms with van der Waals surface area (Å²) < 4.78 is 29.2. The lowest BCUT2D eigenvalue weighted by Gasteiger charge is -2.26. The number of carbonyl (C=O) groups excluding carboxylic acids is 1. The molecule has 5 rings (SSSR count). The first kappa shape index (κ1) is 24.1. The van der Waals surface area contributed by atoms with Crippen molar-refractivity contribution in [3.05, 3.63) is 41.5 Å². The van der Waals surface area contributed by atoms with Crippen LogP contribution in [0.4, 0.5) is 0 Å². The molecule has 8 nitrogen and oxygen atoms in total. The van der Waals surface area contributed by atoms with E-state index < -0.39 is 0 Å². The Bertz CT molecular complexity index is 1030. The Morgan fingerprint density at radius 1 is 0.714 bits per heavy atom. The van der Waals surface area contributed by atoms with Gasteiger partial charge in [-0.3, -0.25) is 14.6 Å². The number of benzene rings is 2. The molecular formula is C27H34N2O6. The van der Waals surface area contributed by atoms with Crippen LogP contribution in [-0.2, 0) is 9.47 Å². The number of ketones is 1. The average molecular weight is 483 g/mol. The van der Waals surface area contributed by atoms with Crippen LogP contribution < -0.4 is 14.2 Å². The largest absolute Gasteiger partial charge is 0.493 e. The number of hydrogen-bond acceptors (Lipinski definition) is 8. The van der Waals surface area contributed by atoms with Crippen LogP contribution in [0.15, 0.2) is 30.3 Å². The molecule has 2 fully saturated rings. The highest BCUT2D eigenvalue weighted by molar-refractivity contribution is 6.25. The Labute approximate surface area is 206 Å². The fourth-order valence-electron chi connectivity index (χ4n) is 4.89. The second kappa shape index (κ2) is 11.4. The minimum atomic E-state index is -0.0449. The highest BCUT2D eigenvalue weighted by Gasteiger charge is 2.35. The first-order valence-corrected chi connectivity index (χ1v) is 12.6. The molecule has 2 aromatic carbocycles. The Balaban J connectivity index is 1.37. The summed E-state index contributed by atoms with van der Waals surface area (Å²) in [5.74, 6) is 1.93. The molecule has 35 heavy (non-hydrogen) atoms. The van der Waals surface area contributed by atoms with Crippen LogP contribution >= 0.6 is 0 Å². The fraction of sp³-hybridized carbons (Fsp3) is 0.519. The van der Waals surface area contributed by atoms with Gasteiger partial charge in [-0.05, 0) is 25.1 Å². The summed E-state index contributed by atoms with van der Waals surface area (Å²) in [5, 5.41) is 0. The summed E-state index contributed by atoms with van der Waals surface area (Å²) >= 11 is 0. The molecule has 0 atom stereocenters. The molecule has 3 aliphatic rings. The molecule has 2 saturated heterocycles. The number of nitrogens with zero attached hydrogens (tertiary/aromatic N) is 2. The van der Waals surface area contributed by atoms with E-state index in [0.717, 1.165) is 76.8 Å². The van der Waals surface area contributed by atoms with E-state index in [-0.39, 0.29) is 5.78 Å². The number of rotatable bonds is 10. The van der Waals surface area contributed by atoms with Crippen molar-refractivity contribution in [3.8, 4) is 28.4 Å². The maximum Gasteiger partial charge on any atom is 0.198 e. The topological polar surface area (TPSA) is 69.7 Å². The first-order chi connectivity index (χ1) is 17.3. The molecule has 2 heterocycles. The smallest absolute Gasteiger partial charge is 0.198 e. The quantitative estimate of drug-likeness (QED) is 0.437. The average Bonchev–Trinajstić information content (AvgIpc) is 3.20. The van der Waals surface area contributed by atoms with Gasteiger partial charge in [0.2, 0.25) is 0 Å². The molecule has 0 unspecified atom stereocenters. The van der Waals surface area contributed by atoms with E-state index in [1.807, 2.05) is 37.3 Å². The third-order valence-corrected chi connectivity index (χ3v) is 6.71. The first-order valence-electron chi connectivity index (χ1n) is 12.6. The summed E-state index contributed by atoms with van der Waals surface area (Å²) in [4.78, 5) is 18.2. The predicted octanol–water partition coefficient (Wildman–Crippen LogP) is 2.72. The second-order valence-electron chi connectivity index (χ2n) is 8.86. The van der Waals surface area contributed by atoms with Gasteiger partial charge < -0.3 is 23.7 Å². The Hall–Kier alpha value is -2.65. The molecule has 0 aromatic heterocycles. The number of hydrogen-bond donors (Lipinski definition) is 0. The van der Waals surface area contributed by atoms with Gasteiger partial charge in [0.1, 0.15) is 30.5 Å². The lowest BCUT2D eigenvalue weighted by Crippen LogP contribution is -2.38. The summed E-state index contributed by atoms with van der Waals surface area (Å²) in [6, 6.07) is 9.43. The van der Waals surface area contributed by atoms with Gasteiger partial charge in [-0.25, -0.2) is 0 Å². The van der Waals surface area contributed by atoms with Gasteiger partial charge in [0, 0.05) is 56.0 Å². The number of ether oxygens (including phenoxy) is 5. The van der Waals surface area contributed by atoms with Gasteiger partial charge in [-0.2, -0.15) is 0 Å². The number of fused-ring (bicyclic) bond motifs is 3. The van der Waals surface area contributed by atoms with E-state index in [1.54, 1.807) is 0 Å². The highest BCUT2D eigenvalue weighted by atomic mass is 16.5. The Kier molecular flexibility index (Phi) is 7.83. The Morgan fingerprint density at radius 2 is 1.26 bits per heavy atom. The summed E-state index contributed by atoms with van der Waals surface area (Å²) in [7, 11) is 0. The molecule has 188 valence electrons. The molecule has 0 radical (unpaired) electrons. The van der Waals surface area contributed by atoms with E-state index in [2.05, 4.69) is 9.80 Å². The van der Waals surface area contributed by atoms with E-state index >= 15 is 0 Å². The van der Waals surface area contributed by atoms with Crippen LogP contribution in [0.25, 0.3) is 11.1 Å². The highest BCUT2D eigenvalue weighted by Crippen LogP contribution is 2.50. The van der Waals surface area contributed by atoms with Gasteiger partial charge in [0.25, 0.3) is 0 Å². The Morgan fingerprint density at radius 3 is 1.83 bits per heavy atom. The van der Waals surface area contributed by atoms with Crippen molar-refractivity contribution >= 4 is 5.78 Å². The predicted molar refractivity (Wildman–Crippen MR) is 132 cm³/mol. The molecule has 0 saturated carbocycles. The molecule has 2 aromatic rings. The summed E-state index contributed by atoms with van der Waals surface area (Å²) in [6.07, 6.45) is 0. The van der Waals surface area contributed by atoms with Crippen molar-refractivity contribution in [2.24, 2.45) is 0 Å². The van der Waals surface area contributed by atoms with E-state index in [9.17, 15) is 4.79 Å². The third kappa shape index (κ3) is 5.30. The van der Waals surface area contributed by atoms with Crippen molar-refractivity contribution < 1.29 is 28.5 Å². The number of carbonyl (C=O) groups is 1. The minimum absolute atomic E-state index is 0.0449. The minimum Gasteiger partial charge on any atom is -0.493 e. The van der Waals surface area contributed by atoms with Crippen molar-refractivity contribution in [1.82, 2.24) is 9.80 Å². The standard InChI is InChI=1S/C27H34N2O6/c1-2-33-22-6-7-23(35-19-13-29-10-16-32-17-11-29)26-25(22)24-20(27(26)30)4-3-5-21(24)34-18-12-28-8-14-31-15-9-28/h3-7H,2,8-19H2,1H3. The SMILES string of the molecule is CCOc1ccc(OCCN2CCOCC2)c2c1-c1c(OCCN3CCOCC3)cccc1C2=O. The van der Waals surface area contributed by atoms with Crippen LogP contribution in [0.2, 0.25) is 0 Å². The van der Waals surface area contributed by atoms with E-state index in [4.69, 9.17) is 23.7 Å². The van der Waals surface area contributed by atoms with Gasteiger partial charge in [-0.1, -0.05) is 12.1 Å². The maximum atomic E-state index is 13.6. The van der Waals surface area contributed by atoms with Crippen LogP contribution in [0.3, 0.4) is 0 Å². The second-order valence-corrected chi connectivity index (χ2v) is 8.86. The summed E-state index contributed by atoms with van der Waals surface area (Å²) in [6.45, 7) is 11.8. The van der Waals surface area contributed by atoms with Crippen LogP contribution in [0.5, 0.6) is 17.2 Å². The van der Waals surface area contributed by atoms with Crippen molar-refractivity contribution in [2.75, 3.05) is 85.5 Å². The maximum absolute atomic E-state index is 13.6. The van der Waals surface area contributed by atoms with Gasteiger partial charge in [0.05, 0.1) is 38.6 Å². The molecular weight excluding hydrogens is 448 g/mol. The normalized spacial score (nSPS) is 18.3. The van der Waals surface area contributed by atoms with Crippen LogP contribution in [0.1, 0.15) is 22.8 Å². The molecule has 0 spiro atoms. The number of morpholine rings is 2. The zero-order valence-electron chi connectivity index (χ0n) is 20.4. The molecule has 0 bridgehead atoms. The lowest BCUT2D eigenvalue weighted by atomic mass is 10.0.